The lowest BCUT2D eigenvalue weighted by molar-refractivity contribution is 0.215. The fraction of sp³-hybridized carbons (Fsp3) is 0.667. The van der Waals surface area contributed by atoms with E-state index in [-0.39, 0.29) is 0 Å². The summed E-state index contributed by atoms with van der Waals surface area (Å²) >= 11 is 0. The first-order valence-electron chi connectivity index (χ1n) is 4.02. The lowest BCUT2D eigenvalue weighted by Gasteiger charge is -2.27. The predicted molar refractivity (Wildman–Crippen MR) is 48.7 cm³/mol. The lowest BCUT2D eigenvalue weighted by Crippen LogP contribution is -2.29. The van der Waals surface area contributed by atoms with Gasteiger partial charge in [-0.3, -0.25) is 5.01 Å². The van der Waals surface area contributed by atoms with Gasteiger partial charge in [-0.25, -0.2) is 0 Å². The van der Waals surface area contributed by atoms with E-state index in [2.05, 4.69) is 37.0 Å². The van der Waals surface area contributed by atoms with Crippen LogP contribution in [0.5, 0.6) is 0 Å². The summed E-state index contributed by atoms with van der Waals surface area (Å²) in [5.41, 5.74) is 0.336. The molecule has 1 rings (SSSR count). The maximum Gasteiger partial charge on any atom is 0.0544 e. The molecule has 62 valence electrons. The molecule has 0 bridgehead atoms. The molecule has 0 aromatic rings. The van der Waals surface area contributed by atoms with Crippen LogP contribution in [-0.2, 0) is 0 Å². The number of allylic oxidation sites excluding steroid dienone is 1. The minimum absolute atomic E-state index is 0.336. The zero-order valence-corrected chi connectivity index (χ0v) is 7.54. The minimum atomic E-state index is 0.336. The Hall–Kier alpha value is -0.790. The highest BCUT2D eigenvalue weighted by Crippen LogP contribution is 2.15. The van der Waals surface area contributed by atoms with Gasteiger partial charge in [0.2, 0.25) is 0 Å². The van der Waals surface area contributed by atoms with Crippen molar-refractivity contribution in [3.63, 3.8) is 0 Å². The molecule has 0 saturated carbocycles. The molecule has 0 radical (unpaired) electrons. The van der Waals surface area contributed by atoms with Crippen LogP contribution in [0.4, 0.5) is 0 Å². The quantitative estimate of drug-likeness (QED) is 0.560. The van der Waals surface area contributed by atoms with Gasteiger partial charge < -0.3 is 0 Å². The summed E-state index contributed by atoms with van der Waals surface area (Å²) in [6, 6.07) is 0. The average molecular weight is 152 g/mol. The fourth-order valence-electron chi connectivity index (χ4n) is 1.08. The van der Waals surface area contributed by atoms with Gasteiger partial charge in [-0.05, 0) is 11.5 Å². The Morgan fingerprint density at radius 2 is 2.18 bits per heavy atom. The molecule has 0 amide bonds. The molecular formula is C9H16N2. The highest BCUT2D eigenvalue weighted by Gasteiger charge is 2.14. The SMILES string of the molecule is CC(C)(C)CN1CC=CC=N1. The molecule has 2 heteroatoms. The van der Waals surface area contributed by atoms with Gasteiger partial charge in [0, 0.05) is 12.8 Å². The zero-order valence-electron chi connectivity index (χ0n) is 7.54. The van der Waals surface area contributed by atoms with Crippen LogP contribution in [-0.4, -0.2) is 24.3 Å². The maximum absolute atomic E-state index is 4.24. The first kappa shape index (κ1) is 8.31. The third-order valence-electron chi connectivity index (χ3n) is 1.43. The minimum Gasteiger partial charge on any atom is -0.293 e. The van der Waals surface area contributed by atoms with Crippen LogP contribution >= 0.6 is 0 Å². The molecule has 0 aromatic heterocycles. The average Bonchev–Trinajstić information content (AvgIpc) is 1.85. The van der Waals surface area contributed by atoms with E-state index >= 15 is 0 Å². The van der Waals surface area contributed by atoms with Crippen LogP contribution < -0.4 is 0 Å². The number of rotatable bonds is 1. The molecule has 0 aromatic carbocycles. The first-order chi connectivity index (χ1) is 5.08. The van der Waals surface area contributed by atoms with Crippen LogP contribution in [0.2, 0.25) is 0 Å². The van der Waals surface area contributed by atoms with Gasteiger partial charge in [-0.15, -0.1) is 0 Å². The molecule has 0 saturated heterocycles. The van der Waals surface area contributed by atoms with E-state index in [0.717, 1.165) is 13.1 Å². The van der Waals surface area contributed by atoms with E-state index in [1.165, 1.54) is 0 Å². The molecule has 1 aliphatic heterocycles. The van der Waals surface area contributed by atoms with Crippen molar-refractivity contribution < 1.29 is 0 Å². The summed E-state index contributed by atoms with van der Waals surface area (Å²) < 4.78 is 0. The first-order valence-corrected chi connectivity index (χ1v) is 4.02. The number of hydrazone groups is 1. The largest absolute Gasteiger partial charge is 0.293 e. The van der Waals surface area contributed by atoms with Crippen molar-refractivity contribution in [2.24, 2.45) is 10.5 Å². The molecule has 11 heavy (non-hydrogen) atoms. The summed E-state index contributed by atoms with van der Waals surface area (Å²) in [6.45, 7) is 8.64. The molecule has 0 unspecified atom stereocenters. The van der Waals surface area contributed by atoms with Crippen molar-refractivity contribution in [1.82, 2.24) is 5.01 Å². The van der Waals surface area contributed by atoms with E-state index < -0.39 is 0 Å². The highest BCUT2D eigenvalue weighted by atomic mass is 15.4. The summed E-state index contributed by atoms with van der Waals surface area (Å²) in [5, 5.41) is 6.32. The number of hydrogen-bond acceptors (Lipinski definition) is 2. The smallest absolute Gasteiger partial charge is 0.0544 e. The standard InChI is InChI=1S/C9H16N2/c1-9(2,3)8-11-7-5-4-6-10-11/h4-6H,7-8H2,1-3H3. The molecule has 2 nitrogen and oxygen atoms in total. The van der Waals surface area contributed by atoms with Gasteiger partial charge in [0.1, 0.15) is 0 Å². The molecule has 0 aliphatic carbocycles. The Balaban J connectivity index is 2.39. The third-order valence-corrected chi connectivity index (χ3v) is 1.43. The van der Waals surface area contributed by atoms with Crippen LogP contribution in [0.15, 0.2) is 17.3 Å². The van der Waals surface area contributed by atoms with Crippen LogP contribution in [0.1, 0.15) is 20.8 Å². The number of nitrogens with zero attached hydrogens (tertiary/aromatic N) is 2. The fourth-order valence-corrected chi connectivity index (χ4v) is 1.08. The zero-order chi connectivity index (χ0) is 8.32. The summed E-state index contributed by atoms with van der Waals surface area (Å²) in [6.07, 6.45) is 5.95. The second kappa shape index (κ2) is 3.07. The lowest BCUT2D eigenvalue weighted by atomic mass is 9.97. The van der Waals surface area contributed by atoms with Crippen LogP contribution in [0.3, 0.4) is 0 Å². The molecule has 0 N–H and O–H groups in total. The third kappa shape index (κ3) is 3.21. The normalized spacial score (nSPS) is 17.5. The van der Waals surface area contributed by atoms with Gasteiger partial charge in [-0.2, -0.15) is 5.10 Å². The van der Waals surface area contributed by atoms with Crippen molar-refractivity contribution in [2.75, 3.05) is 13.1 Å². The molecule has 0 atom stereocenters. The van der Waals surface area contributed by atoms with Crippen molar-refractivity contribution in [3.8, 4) is 0 Å². The Kier molecular flexibility index (Phi) is 2.32. The summed E-state index contributed by atoms with van der Waals surface area (Å²) in [5.74, 6) is 0. The van der Waals surface area contributed by atoms with Gasteiger partial charge >= 0.3 is 0 Å². The molecular weight excluding hydrogens is 136 g/mol. The Bertz CT molecular complexity index is 174. The molecule has 1 aliphatic rings. The van der Waals surface area contributed by atoms with Crippen LogP contribution in [0.25, 0.3) is 0 Å². The monoisotopic (exact) mass is 152 g/mol. The van der Waals surface area contributed by atoms with Crippen LogP contribution in [0, 0.1) is 5.41 Å². The topological polar surface area (TPSA) is 15.6 Å². The van der Waals surface area contributed by atoms with E-state index in [1.807, 2.05) is 12.3 Å². The number of hydrogen-bond donors (Lipinski definition) is 0. The van der Waals surface area contributed by atoms with E-state index in [4.69, 9.17) is 0 Å². The molecule has 1 heterocycles. The molecule has 0 spiro atoms. The van der Waals surface area contributed by atoms with Gasteiger partial charge in [0.25, 0.3) is 0 Å². The van der Waals surface area contributed by atoms with Crippen molar-refractivity contribution >= 4 is 6.21 Å². The summed E-state index contributed by atoms with van der Waals surface area (Å²) in [7, 11) is 0. The molecule has 0 fully saturated rings. The Morgan fingerprint density at radius 3 is 2.64 bits per heavy atom. The van der Waals surface area contributed by atoms with Gasteiger partial charge in [-0.1, -0.05) is 26.8 Å². The van der Waals surface area contributed by atoms with Gasteiger partial charge in [0.15, 0.2) is 0 Å². The van der Waals surface area contributed by atoms with Crippen molar-refractivity contribution in [3.05, 3.63) is 12.2 Å². The highest BCUT2D eigenvalue weighted by molar-refractivity contribution is 5.71. The summed E-state index contributed by atoms with van der Waals surface area (Å²) in [4.78, 5) is 0. The van der Waals surface area contributed by atoms with E-state index in [9.17, 15) is 0 Å². The van der Waals surface area contributed by atoms with E-state index in [1.54, 1.807) is 0 Å². The second-order valence-corrected chi connectivity index (χ2v) is 4.10. The Morgan fingerprint density at radius 1 is 1.45 bits per heavy atom. The predicted octanol–water partition coefficient (Wildman–Crippen LogP) is 1.89. The maximum atomic E-state index is 4.24. The van der Waals surface area contributed by atoms with Gasteiger partial charge in [0.05, 0.1) is 6.54 Å². The second-order valence-electron chi connectivity index (χ2n) is 4.10. The Labute approximate surface area is 68.6 Å². The van der Waals surface area contributed by atoms with Crippen molar-refractivity contribution in [2.45, 2.75) is 20.8 Å². The van der Waals surface area contributed by atoms with Crippen molar-refractivity contribution in [1.29, 1.82) is 0 Å². The van der Waals surface area contributed by atoms with E-state index in [0.29, 0.717) is 5.41 Å².